The molecule has 3 atom stereocenters. The van der Waals surface area contributed by atoms with Gasteiger partial charge in [0.15, 0.2) is 0 Å². The van der Waals surface area contributed by atoms with Crippen molar-refractivity contribution in [1.29, 1.82) is 0 Å². The van der Waals surface area contributed by atoms with Crippen molar-refractivity contribution in [3.63, 3.8) is 0 Å². The molecule has 1 aromatic carbocycles. The van der Waals surface area contributed by atoms with E-state index in [2.05, 4.69) is 5.32 Å². The van der Waals surface area contributed by atoms with Crippen molar-refractivity contribution in [2.24, 2.45) is 17.8 Å². The second-order valence-corrected chi connectivity index (χ2v) is 6.12. The van der Waals surface area contributed by atoms with Crippen LogP contribution < -0.4 is 5.32 Å². The van der Waals surface area contributed by atoms with Gasteiger partial charge in [0.2, 0.25) is 5.91 Å². The van der Waals surface area contributed by atoms with Crippen molar-refractivity contribution in [3.05, 3.63) is 29.3 Å². The van der Waals surface area contributed by atoms with E-state index in [4.69, 9.17) is 0 Å². The molecule has 0 radical (unpaired) electrons. The van der Waals surface area contributed by atoms with Crippen LogP contribution in [0.2, 0.25) is 0 Å². The molecule has 4 heteroatoms. The van der Waals surface area contributed by atoms with E-state index in [-0.39, 0.29) is 17.4 Å². The second-order valence-electron chi connectivity index (χ2n) is 6.12. The van der Waals surface area contributed by atoms with Crippen molar-refractivity contribution < 1.29 is 14.7 Å². The van der Waals surface area contributed by atoms with E-state index in [0.717, 1.165) is 24.8 Å². The fourth-order valence-electron chi connectivity index (χ4n) is 3.74. The molecule has 1 aromatic rings. The molecule has 2 aliphatic rings. The first-order chi connectivity index (χ1) is 9.54. The number of hydrogen-bond donors (Lipinski definition) is 2. The lowest BCUT2D eigenvalue weighted by molar-refractivity contribution is -0.121. The monoisotopic (exact) mass is 273 g/mol. The van der Waals surface area contributed by atoms with Gasteiger partial charge in [-0.15, -0.1) is 0 Å². The Morgan fingerprint density at radius 3 is 2.65 bits per heavy atom. The molecule has 0 spiro atoms. The number of aryl methyl sites for hydroxylation is 1. The summed E-state index contributed by atoms with van der Waals surface area (Å²) in [7, 11) is 0. The molecule has 3 rings (SSSR count). The van der Waals surface area contributed by atoms with Crippen molar-refractivity contribution in [2.75, 3.05) is 5.32 Å². The first kappa shape index (κ1) is 13.2. The van der Waals surface area contributed by atoms with Crippen LogP contribution in [0.15, 0.2) is 18.2 Å². The second kappa shape index (κ2) is 4.93. The highest BCUT2D eigenvalue weighted by Gasteiger charge is 2.43. The first-order valence-electron chi connectivity index (χ1n) is 7.19. The fraction of sp³-hybridized carbons (Fsp3) is 0.500. The number of aromatic carboxylic acids is 1. The van der Waals surface area contributed by atoms with Crippen LogP contribution in [0.5, 0.6) is 0 Å². The van der Waals surface area contributed by atoms with E-state index in [9.17, 15) is 14.7 Å². The summed E-state index contributed by atoms with van der Waals surface area (Å²) in [6, 6.07) is 5.10. The SMILES string of the molecule is Cc1ccc(NC(=O)[C@@H]2C[C@@H]3CC[C@@H]2C3)c(C(=O)O)c1. The molecule has 0 heterocycles. The van der Waals surface area contributed by atoms with Crippen molar-refractivity contribution in [2.45, 2.75) is 32.6 Å². The van der Waals surface area contributed by atoms with Gasteiger partial charge in [0.1, 0.15) is 0 Å². The lowest BCUT2D eigenvalue weighted by Gasteiger charge is -2.21. The van der Waals surface area contributed by atoms with Gasteiger partial charge >= 0.3 is 5.97 Å². The Morgan fingerprint density at radius 2 is 2.05 bits per heavy atom. The highest BCUT2D eigenvalue weighted by molar-refractivity contribution is 6.01. The number of nitrogens with one attached hydrogen (secondary N) is 1. The van der Waals surface area contributed by atoms with Gasteiger partial charge in [0.25, 0.3) is 0 Å². The summed E-state index contributed by atoms with van der Waals surface area (Å²) in [5.74, 6) is 0.253. The number of carbonyl (C=O) groups is 2. The Kier molecular flexibility index (Phi) is 3.24. The number of benzene rings is 1. The maximum atomic E-state index is 12.4. The minimum Gasteiger partial charge on any atom is -0.478 e. The van der Waals surface area contributed by atoms with Crippen LogP contribution in [-0.4, -0.2) is 17.0 Å². The summed E-state index contributed by atoms with van der Waals surface area (Å²) in [4.78, 5) is 23.6. The first-order valence-corrected chi connectivity index (χ1v) is 7.19. The maximum Gasteiger partial charge on any atom is 0.337 e. The fourth-order valence-corrected chi connectivity index (χ4v) is 3.74. The predicted octanol–water partition coefficient (Wildman–Crippen LogP) is 3.07. The van der Waals surface area contributed by atoms with E-state index in [0.29, 0.717) is 17.5 Å². The molecule has 2 bridgehead atoms. The number of anilines is 1. The van der Waals surface area contributed by atoms with Crippen LogP contribution in [0, 0.1) is 24.7 Å². The zero-order valence-electron chi connectivity index (χ0n) is 11.6. The summed E-state index contributed by atoms with van der Waals surface area (Å²) < 4.78 is 0. The third kappa shape index (κ3) is 2.30. The van der Waals surface area contributed by atoms with Crippen molar-refractivity contribution in [1.82, 2.24) is 0 Å². The largest absolute Gasteiger partial charge is 0.478 e. The van der Waals surface area contributed by atoms with Gasteiger partial charge in [0, 0.05) is 5.92 Å². The van der Waals surface area contributed by atoms with E-state index in [1.54, 1.807) is 12.1 Å². The van der Waals surface area contributed by atoms with Crippen LogP contribution in [0.25, 0.3) is 0 Å². The molecule has 2 saturated carbocycles. The van der Waals surface area contributed by atoms with E-state index < -0.39 is 5.97 Å². The van der Waals surface area contributed by atoms with Gasteiger partial charge in [-0.2, -0.15) is 0 Å². The smallest absolute Gasteiger partial charge is 0.337 e. The number of amides is 1. The molecule has 0 aliphatic heterocycles. The molecule has 106 valence electrons. The van der Waals surface area contributed by atoms with Gasteiger partial charge in [-0.3, -0.25) is 4.79 Å². The minimum atomic E-state index is -1.00. The maximum absolute atomic E-state index is 12.4. The normalized spacial score (nSPS) is 27.6. The third-order valence-corrected chi connectivity index (χ3v) is 4.74. The Labute approximate surface area is 118 Å². The Bertz CT molecular complexity index is 567. The van der Waals surface area contributed by atoms with E-state index in [1.807, 2.05) is 13.0 Å². The van der Waals surface area contributed by atoms with Crippen molar-refractivity contribution in [3.8, 4) is 0 Å². The van der Waals surface area contributed by atoms with Crippen LogP contribution in [0.1, 0.15) is 41.6 Å². The van der Waals surface area contributed by atoms with Crippen molar-refractivity contribution >= 4 is 17.6 Å². The average Bonchev–Trinajstić information content (AvgIpc) is 3.03. The molecule has 2 fully saturated rings. The molecule has 0 unspecified atom stereocenters. The predicted molar refractivity (Wildman–Crippen MR) is 75.7 cm³/mol. The topological polar surface area (TPSA) is 66.4 Å². The molecule has 20 heavy (non-hydrogen) atoms. The van der Waals surface area contributed by atoms with Crippen LogP contribution >= 0.6 is 0 Å². The lowest BCUT2D eigenvalue weighted by Crippen LogP contribution is -2.27. The highest BCUT2D eigenvalue weighted by atomic mass is 16.4. The van der Waals surface area contributed by atoms with Gasteiger partial charge in [-0.1, -0.05) is 18.1 Å². The summed E-state index contributed by atoms with van der Waals surface area (Å²) in [5, 5.41) is 12.0. The van der Waals surface area contributed by atoms with E-state index in [1.165, 1.54) is 6.42 Å². The molecule has 4 nitrogen and oxygen atoms in total. The molecule has 0 aromatic heterocycles. The highest BCUT2D eigenvalue weighted by Crippen LogP contribution is 2.48. The molecule has 2 N–H and O–H groups in total. The summed E-state index contributed by atoms with van der Waals surface area (Å²) in [6.07, 6.45) is 4.52. The number of fused-ring (bicyclic) bond motifs is 2. The lowest BCUT2D eigenvalue weighted by atomic mass is 9.88. The summed E-state index contributed by atoms with van der Waals surface area (Å²) in [5.41, 5.74) is 1.46. The standard InChI is InChI=1S/C16H19NO3/c1-9-2-5-14(13(6-9)16(19)20)17-15(18)12-8-10-3-4-11(12)7-10/h2,5-6,10-12H,3-4,7-8H2,1H3,(H,17,18)(H,19,20)/t10-,11-,12-/m1/s1. The molecule has 1 amide bonds. The third-order valence-electron chi connectivity index (χ3n) is 4.74. The van der Waals surface area contributed by atoms with Gasteiger partial charge < -0.3 is 10.4 Å². The zero-order chi connectivity index (χ0) is 14.3. The quantitative estimate of drug-likeness (QED) is 0.889. The van der Waals surface area contributed by atoms with Gasteiger partial charge in [-0.25, -0.2) is 4.79 Å². The number of carbonyl (C=O) groups excluding carboxylic acids is 1. The van der Waals surface area contributed by atoms with Crippen LogP contribution in [0.3, 0.4) is 0 Å². The molecular weight excluding hydrogens is 254 g/mol. The van der Waals surface area contributed by atoms with Crippen LogP contribution in [-0.2, 0) is 4.79 Å². The number of carboxylic acid groups (broad SMARTS) is 1. The zero-order valence-corrected chi connectivity index (χ0v) is 11.6. The minimum absolute atomic E-state index is 0.0106. The molecular formula is C16H19NO3. The van der Waals surface area contributed by atoms with Gasteiger partial charge in [0.05, 0.1) is 11.3 Å². The van der Waals surface area contributed by atoms with Crippen LogP contribution in [0.4, 0.5) is 5.69 Å². The number of hydrogen-bond acceptors (Lipinski definition) is 2. The Balaban J connectivity index is 1.78. The number of rotatable bonds is 3. The molecule has 0 saturated heterocycles. The number of carboxylic acids is 1. The molecule has 2 aliphatic carbocycles. The summed E-state index contributed by atoms with van der Waals surface area (Å²) >= 11 is 0. The van der Waals surface area contributed by atoms with E-state index >= 15 is 0 Å². The average molecular weight is 273 g/mol. The Morgan fingerprint density at radius 1 is 1.25 bits per heavy atom. The summed E-state index contributed by atoms with van der Waals surface area (Å²) in [6.45, 7) is 1.84. The van der Waals surface area contributed by atoms with Gasteiger partial charge in [-0.05, 0) is 50.2 Å². The Hall–Kier alpha value is -1.84.